The topological polar surface area (TPSA) is 66.6 Å². The Morgan fingerprint density at radius 2 is 1.85 bits per heavy atom. The molecule has 2 aliphatic rings. The highest BCUT2D eigenvalue weighted by Crippen LogP contribution is 2.33. The molecule has 1 unspecified atom stereocenters. The number of likely N-dealkylation sites (tertiary alicyclic amines) is 2. The average Bonchev–Trinajstić information content (AvgIpc) is 3.47. The van der Waals surface area contributed by atoms with Gasteiger partial charge in [0.1, 0.15) is 0 Å². The van der Waals surface area contributed by atoms with Crippen LogP contribution in [0.4, 0.5) is 0 Å². The molecule has 0 N–H and O–H groups in total. The lowest BCUT2D eigenvalue weighted by atomic mass is 10.0. The monoisotopic (exact) mass is 446 g/mol. The Bertz CT molecular complexity index is 1120. The van der Waals surface area contributed by atoms with Crippen molar-refractivity contribution in [2.75, 3.05) is 19.6 Å². The minimum absolute atomic E-state index is 0.271. The molecule has 3 aromatic rings. The molecule has 1 amide bonds. The van der Waals surface area contributed by atoms with Crippen LogP contribution in [0.25, 0.3) is 5.65 Å². The molecule has 0 aliphatic carbocycles. The van der Waals surface area contributed by atoms with Gasteiger partial charge in [-0.3, -0.25) is 14.7 Å². The normalized spacial score (nSPS) is 19.5. The number of fused-ring (bicyclic) bond motifs is 1. The zero-order chi connectivity index (χ0) is 22.8. The van der Waals surface area contributed by atoms with Crippen molar-refractivity contribution in [2.45, 2.75) is 71.4 Å². The van der Waals surface area contributed by atoms with Gasteiger partial charge in [0.25, 0.3) is 0 Å². The second-order valence-corrected chi connectivity index (χ2v) is 9.53. The fraction of sp³-hybridized carbons (Fsp3) is 0.538. The summed E-state index contributed by atoms with van der Waals surface area (Å²) in [4.78, 5) is 26.3. The van der Waals surface area contributed by atoms with Gasteiger partial charge in [0.05, 0.1) is 11.7 Å². The van der Waals surface area contributed by atoms with E-state index in [9.17, 15) is 4.79 Å². The van der Waals surface area contributed by atoms with Gasteiger partial charge in [-0.1, -0.05) is 0 Å². The first-order valence-corrected chi connectivity index (χ1v) is 12.4. The van der Waals surface area contributed by atoms with Crippen molar-refractivity contribution in [3.63, 3.8) is 0 Å². The standard InChI is InChI=1S/C26H34N6O/c1-19-22(8-9-26(33)30-14-4-3-5-15-30)20(2)32-25(28-19)17-23(29-32)24-7-6-16-31(24)18-21-10-12-27-13-11-21/h10-13,17,24H,3-9,14-16,18H2,1-2H3. The van der Waals surface area contributed by atoms with Crippen LogP contribution in [0.2, 0.25) is 0 Å². The van der Waals surface area contributed by atoms with E-state index in [0.717, 1.165) is 80.2 Å². The summed E-state index contributed by atoms with van der Waals surface area (Å²) in [6.07, 6.45) is 10.8. The van der Waals surface area contributed by atoms with Gasteiger partial charge in [-0.05, 0) is 82.2 Å². The molecule has 0 radical (unpaired) electrons. The summed E-state index contributed by atoms with van der Waals surface area (Å²) in [6.45, 7) is 7.99. The minimum Gasteiger partial charge on any atom is -0.343 e. The third-order valence-electron chi connectivity index (χ3n) is 7.32. The summed E-state index contributed by atoms with van der Waals surface area (Å²) in [6, 6.07) is 6.64. The highest BCUT2D eigenvalue weighted by Gasteiger charge is 2.29. The van der Waals surface area contributed by atoms with Gasteiger partial charge in [0.2, 0.25) is 5.91 Å². The molecule has 0 aromatic carbocycles. The number of piperidine rings is 1. The molecule has 3 aromatic heterocycles. The highest BCUT2D eigenvalue weighted by atomic mass is 16.2. The molecule has 2 aliphatic heterocycles. The predicted octanol–water partition coefficient (Wildman–Crippen LogP) is 4.02. The first kappa shape index (κ1) is 22.0. The molecular formula is C26H34N6O. The first-order chi connectivity index (χ1) is 16.1. The number of carbonyl (C=O) groups is 1. The van der Waals surface area contributed by atoms with E-state index in [1.165, 1.54) is 18.4 Å². The average molecular weight is 447 g/mol. The molecular weight excluding hydrogens is 412 g/mol. The second-order valence-electron chi connectivity index (χ2n) is 9.53. The predicted molar refractivity (Wildman–Crippen MR) is 128 cm³/mol. The summed E-state index contributed by atoms with van der Waals surface area (Å²) in [5.74, 6) is 0.271. The third-order valence-corrected chi connectivity index (χ3v) is 7.32. The Labute approximate surface area is 195 Å². The van der Waals surface area contributed by atoms with Crippen LogP contribution in [0.3, 0.4) is 0 Å². The van der Waals surface area contributed by atoms with Crippen molar-refractivity contribution in [1.29, 1.82) is 0 Å². The summed E-state index contributed by atoms with van der Waals surface area (Å²) in [5, 5.41) is 5.01. The van der Waals surface area contributed by atoms with Crippen molar-refractivity contribution in [3.05, 3.63) is 58.8 Å². The van der Waals surface area contributed by atoms with E-state index in [-0.39, 0.29) is 5.91 Å². The van der Waals surface area contributed by atoms with E-state index < -0.39 is 0 Å². The summed E-state index contributed by atoms with van der Waals surface area (Å²) < 4.78 is 1.99. The molecule has 174 valence electrons. The number of carbonyl (C=O) groups excluding carboxylic acids is 1. The molecule has 5 rings (SSSR count). The quantitative estimate of drug-likeness (QED) is 0.572. The lowest BCUT2D eigenvalue weighted by Gasteiger charge is -2.26. The minimum atomic E-state index is 0.271. The number of rotatable bonds is 6. The van der Waals surface area contributed by atoms with Crippen molar-refractivity contribution in [2.24, 2.45) is 0 Å². The van der Waals surface area contributed by atoms with E-state index >= 15 is 0 Å². The van der Waals surface area contributed by atoms with E-state index in [1.54, 1.807) is 0 Å². The maximum absolute atomic E-state index is 12.7. The third kappa shape index (κ3) is 4.64. The molecule has 0 bridgehead atoms. The van der Waals surface area contributed by atoms with Gasteiger partial charge in [0.15, 0.2) is 5.65 Å². The van der Waals surface area contributed by atoms with E-state index in [2.05, 4.69) is 41.9 Å². The summed E-state index contributed by atoms with van der Waals surface area (Å²) >= 11 is 0. The molecule has 7 nitrogen and oxygen atoms in total. The van der Waals surface area contributed by atoms with Crippen molar-refractivity contribution in [3.8, 4) is 0 Å². The number of pyridine rings is 1. The van der Waals surface area contributed by atoms with Gasteiger partial charge < -0.3 is 4.90 Å². The number of hydrogen-bond donors (Lipinski definition) is 0. The van der Waals surface area contributed by atoms with Gasteiger partial charge in [0, 0.05) is 55.9 Å². The van der Waals surface area contributed by atoms with Crippen molar-refractivity contribution >= 4 is 11.6 Å². The number of aryl methyl sites for hydroxylation is 2. The number of amides is 1. The summed E-state index contributed by atoms with van der Waals surface area (Å²) in [7, 11) is 0. The van der Waals surface area contributed by atoms with Crippen molar-refractivity contribution < 1.29 is 4.79 Å². The molecule has 2 fully saturated rings. The first-order valence-electron chi connectivity index (χ1n) is 12.4. The smallest absolute Gasteiger partial charge is 0.222 e. The Kier molecular flexibility index (Phi) is 6.40. The number of hydrogen-bond acceptors (Lipinski definition) is 5. The zero-order valence-electron chi connectivity index (χ0n) is 19.8. The fourth-order valence-corrected chi connectivity index (χ4v) is 5.48. The van der Waals surface area contributed by atoms with Crippen LogP contribution < -0.4 is 0 Å². The molecule has 2 saturated heterocycles. The Morgan fingerprint density at radius 1 is 1.06 bits per heavy atom. The number of aromatic nitrogens is 4. The molecule has 0 spiro atoms. The second kappa shape index (κ2) is 9.59. The van der Waals surface area contributed by atoms with Gasteiger partial charge in [-0.2, -0.15) is 5.10 Å². The van der Waals surface area contributed by atoms with Gasteiger partial charge in [-0.25, -0.2) is 9.50 Å². The Morgan fingerprint density at radius 3 is 2.64 bits per heavy atom. The highest BCUT2D eigenvalue weighted by molar-refractivity contribution is 5.76. The van der Waals surface area contributed by atoms with Crippen LogP contribution in [0.1, 0.15) is 72.8 Å². The zero-order valence-corrected chi connectivity index (χ0v) is 19.8. The van der Waals surface area contributed by atoms with Crippen LogP contribution in [-0.4, -0.2) is 54.9 Å². The van der Waals surface area contributed by atoms with Crippen molar-refractivity contribution in [1.82, 2.24) is 29.4 Å². The van der Waals surface area contributed by atoms with Gasteiger partial charge >= 0.3 is 0 Å². The molecule has 7 heteroatoms. The van der Waals surface area contributed by atoms with Crippen LogP contribution in [0.15, 0.2) is 30.6 Å². The lowest BCUT2D eigenvalue weighted by molar-refractivity contribution is -0.132. The van der Waals surface area contributed by atoms with E-state index in [1.807, 2.05) is 21.8 Å². The molecule has 5 heterocycles. The van der Waals surface area contributed by atoms with Crippen LogP contribution in [0, 0.1) is 13.8 Å². The molecule has 0 saturated carbocycles. The molecule has 33 heavy (non-hydrogen) atoms. The van der Waals surface area contributed by atoms with E-state index in [0.29, 0.717) is 12.5 Å². The maximum Gasteiger partial charge on any atom is 0.222 e. The Hall–Kier alpha value is -2.80. The molecule has 1 atom stereocenters. The SMILES string of the molecule is Cc1nc2cc(C3CCCN3Cc3ccncc3)nn2c(C)c1CCC(=O)N1CCCCC1. The number of nitrogens with zero attached hydrogens (tertiary/aromatic N) is 6. The van der Waals surface area contributed by atoms with Crippen LogP contribution in [0.5, 0.6) is 0 Å². The van der Waals surface area contributed by atoms with E-state index in [4.69, 9.17) is 10.1 Å². The largest absolute Gasteiger partial charge is 0.343 e. The summed E-state index contributed by atoms with van der Waals surface area (Å²) in [5.41, 5.74) is 6.56. The van der Waals surface area contributed by atoms with Gasteiger partial charge in [-0.15, -0.1) is 0 Å². The van der Waals surface area contributed by atoms with Crippen LogP contribution in [-0.2, 0) is 17.8 Å². The van der Waals surface area contributed by atoms with Crippen LogP contribution >= 0.6 is 0 Å². The fourth-order valence-electron chi connectivity index (χ4n) is 5.48. The maximum atomic E-state index is 12.7. The lowest BCUT2D eigenvalue weighted by Crippen LogP contribution is -2.35. The Balaban J connectivity index is 1.34.